The Morgan fingerprint density at radius 2 is 2.07 bits per heavy atom. The van der Waals surface area contributed by atoms with Gasteiger partial charge in [0.2, 0.25) is 5.96 Å². The van der Waals surface area contributed by atoms with Crippen molar-refractivity contribution < 1.29 is 27.7 Å². The summed E-state index contributed by atoms with van der Waals surface area (Å²) in [6, 6.07) is 5.90. The van der Waals surface area contributed by atoms with Gasteiger partial charge in [-0.15, -0.1) is 0 Å². The number of nitrogens with zero attached hydrogens (tertiary/aromatic N) is 3. The van der Waals surface area contributed by atoms with Gasteiger partial charge in [-0.05, 0) is 46.1 Å². The molecule has 1 aliphatic carbocycles. The largest absolute Gasteiger partial charge is 0.446 e. The Morgan fingerprint density at radius 3 is 2.69 bits per heavy atom. The molecule has 1 N–H and O–H groups in total. The Kier molecular flexibility index (Phi) is 5.70. The Hall–Kier alpha value is -2.07. The van der Waals surface area contributed by atoms with Gasteiger partial charge in [-0.2, -0.15) is 0 Å². The van der Waals surface area contributed by atoms with Crippen LogP contribution in [0.5, 0.6) is 0 Å². The lowest BCUT2D eigenvalue weighted by atomic mass is 9.75. The maximum absolute atomic E-state index is 15.0. The van der Waals surface area contributed by atoms with Crippen molar-refractivity contribution in [2.75, 3.05) is 7.05 Å². The van der Waals surface area contributed by atoms with E-state index in [2.05, 4.69) is 4.99 Å². The highest BCUT2D eigenvalue weighted by atomic mass is 32.2. The van der Waals surface area contributed by atoms with E-state index in [0.29, 0.717) is 0 Å². The molecule has 2 aliphatic rings. The van der Waals surface area contributed by atoms with Crippen LogP contribution in [-0.4, -0.2) is 54.8 Å². The van der Waals surface area contributed by atoms with Crippen molar-refractivity contribution in [2.45, 2.75) is 62.5 Å². The molecular formula is C19H25F2N3O4S. The normalized spacial score (nSPS) is 29.7. The molecule has 1 aromatic carbocycles. The molecule has 7 nitrogen and oxygen atoms in total. The highest BCUT2D eigenvalue weighted by Gasteiger charge is 2.54. The van der Waals surface area contributed by atoms with Gasteiger partial charge in [0.25, 0.3) is 0 Å². The van der Waals surface area contributed by atoms with E-state index >= 15 is 0 Å². The highest BCUT2D eigenvalue weighted by Crippen LogP contribution is 2.47. The number of halogens is 2. The first-order valence-corrected chi connectivity index (χ1v) is 10.5. The fraction of sp³-hybridized carbons (Fsp3) is 0.579. The minimum Gasteiger partial charge on any atom is -0.442 e. The van der Waals surface area contributed by atoms with Gasteiger partial charge in [0.1, 0.15) is 27.9 Å². The molecule has 3 rings (SSSR count). The summed E-state index contributed by atoms with van der Waals surface area (Å²) in [4.78, 5) is 16.7. The van der Waals surface area contributed by atoms with Gasteiger partial charge < -0.3 is 9.84 Å². The van der Waals surface area contributed by atoms with Gasteiger partial charge in [-0.3, -0.25) is 4.31 Å². The lowest BCUT2D eigenvalue weighted by Gasteiger charge is -2.47. The third kappa shape index (κ3) is 4.00. The zero-order chi connectivity index (χ0) is 21.6. The molecule has 0 radical (unpaired) electrons. The Bertz CT molecular complexity index is 860. The number of guanidine groups is 1. The molecule has 1 saturated carbocycles. The SMILES string of the molecule is CN1C(N(F)C(=O)OC(C)(C)C)=NC2(c3ccccc3F)CCC(O)CC2S1=O. The average molecular weight is 429 g/mol. The summed E-state index contributed by atoms with van der Waals surface area (Å²) >= 11 is 0. The van der Waals surface area contributed by atoms with Gasteiger partial charge in [0.05, 0.1) is 11.4 Å². The van der Waals surface area contributed by atoms with Crippen LogP contribution in [0.15, 0.2) is 29.3 Å². The number of hydrogen-bond acceptors (Lipinski definition) is 5. The summed E-state index contributed by atoms with van der Waals surface area (Å²) in [7, 11) is -0.543. The van der Waals surface area contributed by atoms with Crippen molar-refractivity contribution in [2.24, 2.45) is 4.99 Å². The molecule has 1 aromatic rings. The molecule has 0 aromatic heterocycles. The van der Waals surface area contributed by atoms with Crippen LogP contribution >= 0.6 is 0 Å². The predicted molar refractivity (Wildman–Crippen MR) is 104 cm³/mol. The van der Waals surface area contributed by atoms with Crippen molar-refractivity contribution in [1.29, 1.82) is 0 Å². The minimum atomic E-state index is -1.87. The molecule has 1 fully saturated rings. The molecular weight excluding hydrogens is 404 g/mol. The Labute approximate surface area is 170 Å². The lowest BCUT2D eigenvalue weighted by molar-refractivity contribution is -0.00266. The molecule has 0 bridgehead atoms. The van der Waals surface area contributed by atoms with Gasteiger partial charge in [0.15, 0.2) is 0 Å². The predicted octanol–water partition coefficient (Wildman–Crippen LogP) is 3.02. The summed E-state index contributed by atoms with van der Waals surface area (Å²) < 4.78 is 49.0. The number of benzene rings is 1. The monoisotopic (exact) mass is 429 g/mol. The maximum Gasteiger partial charge on any atom is 0.446 e. The van der Waals surface area contributed by atoms with Gasteiger partial charge >= 0.3 is 6.09 Å². The van der Waals surface area contributed by atoms with Gasteiger partial charge in [-0.1, -0.05) is 27.8 Å². The average Bonchev–Trinajstić information content (AvgIpc) is 2.64. The van der Waals surface area contributed by atoms with Gasteiger partial charge in [-0.25, -0.2) is 18.4 Å². The maximum atomic E-state index is 15.0. The number of rotatable bonds is 1. The van der Waals surface area contributed by atoms with Crippen molar-refractivity contribution in [3.63, 3.8) is 0 Å². The number of carbonyl (C=O) groups excluding carboxylic acids is 1. The molecule has 29 heavy (non-hydrogen) atoms. The van der Waals surface area contributed by atoms with Crippen LogP contribution in [0.25, 0.3) is 0 Å². The van der Waals surface area contributed by atoms with Crippen LogP contribution in [0.2, 0.25) is 0 Å². The first-order valence-electron chi connectivity index (χ1n) is 9.32. The van der Waals surface area contributed by atoms with E-state index in [-0.39, 0.29) is 29.9 Å². The second kappa shape index (κ2) is 7.64. The number of aliphatic hydroxyl groups excluding tert-OH is 1. The van der Waals surface area contributed by atoms with E-state index in [0.717, 1.165) is 4.31 Å². The lowest BCUT2D eigenvalue weighted by Crippen LogP contribution is -2.59. The van der Waals surface area contributed by atoms with Crippen LogP contribution in [0.4, 0.5) is 13.7 Å². The summed E-state index contributed by atoms with van der Waals surface area (Å²) in [5.41, 5.74) is -2.16. The number of aliphatic imine (C=N–C) groups is 1. The number of ether oxygens (including phenoxy) is 1. The number of aliphatic hydroxyl groups is 1. The van der Waals surface area contributed by atoms with Gasteiger partial charge in [0, 0.05) is 12.6 Å². The summed E-state index contributed by atoms with van der Waals surface area (Å²) in [6.07, 6.45) is -1.48. The smallest absolute Gasteiger partial charge is 0.442 e. The fourth-order valence-electron chi connectivity index (χ4n) is 3.74. The van der Waals surface area contributed by atoms with E-state index in [1.165, 1.54) is 25.2 Å². The van der Waals surface area contributed by atoms with Crippen LogP contribution in [-0.2, 0) is 21.3 Å². The molecule has 1 heterocycles. The second-order valence-electron chi connectivity index (χ2n) is 8.27. The zero-order valence-electron chi connectivity index (χ0n) is 16.8. The van der Waals surface area contributed by atoms with Crippen LogP contribution in [0, 0.1) is 5.82 Å². The van der Waals surface area contributed by atoms with Crippen molar-refractivity contribution in [3.8, 4) is 0 Å². The van der Waals surface area contributed by atoms with Crippen LogP contribution in [0.3, 0.4) is 0 Å². The first-order chi connectivity index (χ1) is 13.5. The molecule has 0 spiro atoms. The zero-order valence-corrected chi connectivity index (χ0v) is 17.6. The van der Waals surface area contributed by atoms with E-state index in [1.807, 2.05) is 0 Å². The van der Waals surface area contributed by atoms with E-state index in [1.54, 1.807) is 26.8 Å². The molecule has 4 atom stereocenters. The quantitative estimate of drug-likeness (QED) is 0.696. The Balaban J connectivity index is 2.12. The van der Waals surface area contributed by atoms with E-state index in [9.17, 15) is 23.0 Å². The number of hydrogen-bond donors (Lipinski definition) is 1. The minimum absolute atomic E-state index is 0.112. The number of carbonyl (C=O) groups is 1. The fourth-order valence-corrected chi connectivity index (χ4v) is 5.41. The summed E-state index contributed by atoms with van der Waals surface area (Å²) in [5, 5.41) is 9.05. The number of amides is 1. The van der Waals surface area contributed by atoms with E-state index < -0.39 is 51.3 Å². The van der Waals surface area contributed by atoms with Crippen LogP contribution < -0.4 is 0 Å². The van der Waals surface area contributed by atoms with Crippen molar-refractivity contribution in [3.05, 3.63) is 35.6 Å². The standard InChI is InChI=1S/C19H25F2N3O4S/c1-18(2,3)28-17(26)24(21)16-22-19(13-7-5-6-8-14(13)20)10-9-12(25)11-15(19)29(27)23(16)4/h5-8,12,15,25H,9-11H2,1-4H3. The van der Waals surface area contributed by atoms with Crippen molar-refractivity contribution >= 4 is 23.0 Å². The molecule has 1 amide bonds. The van der Waals surface area contributed by atoms with E-state index in [4.69, 9.17) is 4.74 Å². The number of fused-ring (bicyclic) bond motifs is 1. The molecule has 0 saturated heterocycles. The second-order valence-corrected chi connectivity index (χ2v) is 9.94. The topological polar surface area (TPSA) is 82.4 Å². The molecule has 1 aliphatic heterocycles. The highest BCUT2D eigenvalue weighted by molar-refractivity contribution is 7.84. The van der Waals surface area contributed by atoms with Crippen LogP contribution in [0.1, 0.15) is 45.6 Å². The third-order valence-electron chi connectivity index (χ3n) is 5.04. The third-order valence-corrected chi connectivity index (χ3v) is 6.81. The Morgan fingerprint density at radius 1 is 1.41 bits per heavy atom. The summed E-state index contributed by atoms with van der Waals surface area (Å²) in [5.74, 6) is -1.09. The molecule has 160 valence electrons. The summed E-state index contributed by atoms with van der Waals surface area (Å²) in [6.45, 7) is 4.76. The van der Waals surface area contributed by atoms with Crippen molar-refractivity contribution in [1.82, 2.24) is 9.43 Å². The molecule has 10 heteroatoms. The first kappa shape index (κ1) is 21.6. The molecule has 4 unspecified atom stereocenters.